The molecule has 0 aromatic heterocycles. The lowest BCUT2D eigenvalue weighted by Crippen LogP contribution is -2.25. The standard InChI is InChI=1S/C13H17NO3/c1-8(13(15)16)17-12-7-3-4-9-10(12)5-2-6-11(9)14/h3-4,7-8,11H,2,5-6,14H2,1H3,(H,15,16). The Kier molecular flexibility index (Phi) is 3.33. The van der Waals surface area contributed by atoms with Gasteiger partial charge in [-0.2, -0.15) is 0 Å². The molecule has 0 bridgehead atoms. The van der Waals surface area contributed by atoms with Gasteiger partial charge in [0.1, 0.15) is 5.75 Å². The van der Waals surface area contributed by atoms with Crippen molar-refractivity contribution in [3.63, 3.8) is 0 Å². The fraction of sp³-hybridized carbons (Fsp3) is 0.462. The molecule has 0 amide bonds. The fourth-order valence-corrected chi connectivity index (χ4v) is 2.20. The van der Waals surface area contributed by atoms with Crippen LogP contribution < -0.4 is 10.5 Å². The van der Waals surface area contributed by atoms with E-state index in [-0.39, 0.29) is 6.04 Å². The van der Waals surface area contributed by atoms with E-state index in [4.69, 9.17) is 15.6 Å². The SMILES string of the molecule is CC(Oc1cccc2c1CCCC2N)C(=O)O. The summed E-state index contributed by atoms with van der Waals surface area (Å²) in [6.07, 6.45) is 2.08. The van der Waals surface area contributed by atoms with Gasteiger partial charge in [0.05, 0.1) is 0 Å². The Balaban J connectivity index is 2.29. The Morgan fingerprint density at radius 3 is 3.06 bits per heavy atom. The van der Waals surface area contributed by atoms with Crippen LogP contribution in [-0.2, 0) is 11.2 Å². The number of carboxylic acid groups (broad SMARTS) is 1. The first-order chi connectivity index (χ1) is 8.09. The van der Waals surface area contributed by atoms with E-state index in [1.54, 1.807) is 0 Å². The lowest BCUT2D eigenvalue weighted by Gasteiger charge is -2.25. The van der Waals surface area contributed by atoms with Crippen LogP contribution in [0, 0.1) is 0 Å². The average molecular weight is 235 g/mol. The van der Waals surface area contributed by atoms with Crippen molar-refractivity contribution < 1.29 is 14.6 Å². The van der Waals surface area contributed by atoms with Crippen LogP contribution in [0.1, 0.15) is 36.9 Å². The average Bonchev–Trinajstić information content (AvgIpc) is 2.30. The predicted molar refractivity (Wildman–Crippen MR) is 64.0 cm³/mol. The topological polar surface area (TPSA) is 72.5 Å². The fourth-order valence-electron chi connectivity index (χ4n) is 2.20. The minimum Gasteiger partial charge on any atom is -0.479 e. The Morgan fingerprint density at radius 2 is 2.35 bits per heavy atom. The second kappa shape index (κ2) is 4.75. The van der Waals surface area contributed by atoms with Gasteiger partial charge >= 0.3 is 5.97 Å². The summed E-state index contributed by atoms with van der Waals surface area (Å²) in [5.41, 5.74) is 8.19. The van der Waals surface area contributed by atoms with Gasteiger partial charge in [-0.25, -0.2) is 4.79 Å². The molecule has 1 aromatic rings. The monoisotopic (exact) mass is 235 g/mol. The number of carboxylic acids is 1. The van der Waals surface area contributed by atoms with Gasteiger partial charge < -0.3 is 15.6 Å². The van der Waals surface area contributed by atoms with Crippen molar-refractivity contribution >= 4 is 5.97 Å². The molecule has 17 heavy (non-hydrogen) atoms. The van der Waals surface area contributed by atoms with Crippen molar-refractivity contribution in [3.05, 3.63) is 29.3 Å². The number of ether oxygens (including phenoxy) is 1. The lowest BCUT2D eigenvalue weighted by atomic mass is 9.87. The van der Waals surface area contributed by atoms with E-state index in [1.807, 2.05) is 18.2 Å². The zero-order valence-corrected chi connectivity index (χ0v) is 9.85. The minimum atomic E-state index is -0.956. The molecule has 0 saturated heterocycles. The van der Waals surface area contributed by atoms with Gasteiger partial charge in [0, 0.05) is 6.04 Å². The molecule has 3 N–H and O–H groups in total. The zero-order valence-electron chi connectivity index (χ0n) is 9.85. The lowest BCUT2D eigenvalue weighted by molar-refractivity contribution is -0.144. The molecular formula is C13H17NO3. The van der Waals surface area contributed by atoms with E-state index >= 15 is 0 Å². The molecule has 0 heterocycles. The molecule has 0 aliphatic heterocycles. The molecule has 4 heteroatoms. The Bertz CT molecular complexity index is 431. The van der Waals surface area contributed by atoms with Crippen LogP contribution in [0.15, 0.2) is 18.2 Å². The van der Waals surface area contributed by atoms with Crippen LogP contribution in [0.2, 0.25) is 0 Å². The van der Waals surface area contributed by atoms with E-state index in [0.29, 0.717) is 5.75 Å². The molecule has 0 spiro atoms. The number of fused-ring (bicyclic) bond motifs is 1. The maximum absolute atomic E-state index is 10.8. The van der Waals surface area contributed by atoms with Gasteiger partial charge in [0.15, 0.2) is 6.10 Å². The highest BCUT2D eigenvalue weighted by molar-refractivity contribution is 5.72. The summed E-state index contributed by atoms with van der Waals surface area (Å²) in [6.45, 7) is 1.53. The summed E-state index contributed by atoms with van der Waals surface area (Å²) >= 11 is 0. The zero-order chi connectivity index (χ0) is 12.4. The predicted octanol–water partition coefficient (Wildman–Crippen LogP) is 1.87. The summed E-state index contributed by atoms with van der Waals surface area (Å²) in [4.78, 5) is 10.8. The maximum Gasteiger partial charge on any atom is 0.344 e. The van der Waals surface area contributed by atoms with Crippen molar-refractivity contribution in [3.8, 4) is 5.75 Å². The summed E-state index contributed by atoms with van der Waals surface area (Å²) in [5, 5.41) is 8.85. The van der Waals surface area contributed by atoms with Crippen LogP contribution in [0.4, 0.5) is 0 Å². The van der Waals surface area contributed by atoms with Crippen LogP contribution in [-0.4, -0.2) is 17.2 Å². The normalized spacial score (nSPS) is 20.5. The smallest absolute Gasteiger partial charge is 0.344 e. The summed E-state index contributed by atoms with van der Waals surface area (Å²) in [6, 6.07) is 5.73. The molecule has 2 atom stereocenters. The van der Waals surface area contributed by atoms with Gasteiger partial charge in [-0.1, -0.05) is 12.1 Å². The van der Waals surface area contributed by atoms with Crippen LogP contribution in [0.5, 0.6) is 5.75 Å². The van der Waals surface area contributed by atoms with E-state index < -0.39 is 12.1 Å². The third-order valence-corrected chi connectivity index (χ3v) is 3.16. The number of aliphatic carboxylic acids is 1. The number of benzene rings is 1. The summed E-state index contributed by atoms with van der Waals surface area (Å²) < 4.78 is 5.47. The first-order valence-electron chi connectivity index (χ1n) is 5.86. The van der Waals surface area contributed by atoms with Crippen LogP contribution in [0.25, 0.3) is 0 Å². The first-order valence-corrected chi connectivity index (χ1v) is 5.86. The molecule has 0 fully saturated rings. The third kappa shape index (κ3) is 2.42. The highest BCUT2D eigenvalue weighted by Gasteiger charge is 2.22. The highest BCUT2D eigenvalue weighted by atomic mass is 16.5. The van der Waals surface area contributed by atoms with Crippen molar-refractivity contribution in [1.29, 1.82) is 0 Å². The number of carbonyl (C=O) groups is 1. The Labute approximate surface area is 100 Å². The molecule has 2 rings (SSSR count). The molecule has 1 aliphatic carbocycles. The molecule has 0 saturated carbocycles. The van der Waals surface area contributed by atoms with Gasteiger partial charge in [-0.15, -0.1) is 0 Å². The molecule has 0 radical (unpaired) electrons. The van der Waals surface area contributed by atoms with Crippen molar-refractivity contribution in [1.82, 2.24) is 0 Å². The number of rotatable bonds is 3. The van der Waals surface area contributed by atoms with Gasteiger partial charge in [-0.05, 0) is 43.4 Å². The molecule has 4 nitrogen and oxygen atoms in total. The van der Waals surface area contributed by atoms with Gasteiger partial charge in [-0.3, -0.25) is 0 Å². The van der Waals surface area contributed by atoms with Gasteiger partial charge in [0.2, 0.25) is 0 Å². The largest absolute Gasteiger partial charge is 0.479 e. The van der Waals surface area contributed by atoms with Crippen molar-refractivity contribution in [2.24, 2.45) is 5.73 Å². The van der Waals surface area contributed by atoms with Crippen molar-refractivity contribution in [2.75, 3.05) is 0 Å². The summed E-state index contributed by atoms with van der Waals surface area (Å²) in [7, 11) is 0. The second-order valence-corrected chi connectivity index (χ2v) is 4.42. The number of hydrogen-bond acceptors (Lipinski definition) is 3. The minimum absolute atomic E-state index is 0.0439. The summed E-state index contributed by atoms with van der Waals surface area (Å²) in [5.74, 6) is -0.296. The van der Waals surface area contributed by atoms with E-state index in [2.05, 4.69) is 0 Å². The Morgan fingerprint density at radius 1 is 1.59 bits per heavy atom. The quantitative estimate of drug-likeness (QED) is 0.839. The molecule has 1 aromatic carbocycles. The molecule has 92 valence electrons. The van der Waals surface area contributed by atoms with E-state index in [0.717, 1.165) is 30.4 Å². The Hall–Kier alpha value is -1.55. The van der Waals surface area contributed by atoms with Crippen molar-refractivity contribution in [2.45, 2.75) is 38.3 Å². The van der Waals surface area contributed by atoms with Gasteiger partial charge in [0.25, 0.3) is 0 Å². The third-order valence-electron chi connectivity index (χ3n) is 3.16. The first kappa shape index (κ1) is 11.9. The number of hydrogen-bond donors (Lipinski definition) is 2. The van der Waals surface area contributed by atoms with E-state index in [9.17, 15) is 4.79 Å². The van der Waals surface area contributed by atoms with Crippen LogP contribution >= 0.6 is 0 Å². The molecular weight excluding hydrogens is 218 g/mol. The van der Waals surface area contributed by atoms with E-state index in [1.165, 1.54) is 6.92 Å². The second-order valence-electron chi connectivity index (χ2n) is 4.42. The maximum atomic E-state index is 10.8. The highest BCUT2D eigenvalue weighted by Crippen LogP contribution is 2.34. The molecule has 2 unspecified atom stereocenters. The molecule has 1 aliphatic rings. The number of nitrogens with two attached hydrogens (primary N) is 1. The van der Waals surface area contributed by atoms with Crippen LogP contribution in [0.3, 0.4) is 0 Å².